The van der Waals surface area contributed by atoms with Crippen molar-refractivity contribution in [2.75, 3.05) is 46.2 Å². The maximum Gasteiger partial charge on any atom is 0.226 e. The molecule has 1 saturated carbocycles. The summed E-state index contributed by atoms with van der Waals surface area (Å²) in [5, 5.41) is 1.14. The number of carbonyl (C=O) groups excluding carboxylic acids is 1. The Morgan fingerprint density at radius 2 is 1.88 bits per heavy atom. The molecule has 5 heteroatoms. The van der Waals surface area contributed by atoms with Gasteiger partial charge >= 0.3 is 0 Å². The molecular formula is C21H30N4O. The third-order valence-electron chi connectivity index (χ3n) is 4.94. The van der Waals surface area contributed by atoms with Gasteiger partial charge in [-0.1, -0.05) is 18.2 Å². The number of amides is 1. The van der Waals surface area contributed by atoms with E-state index in [9.17, 15) is 4.79 Å². The molecule has 0 aliphatic heterocycles. The Hall–Kier alpha value is -2.14. The summed E-state index contributed by atoms with van der Waals surface area (Å²) in [6.07, 6.45) is 2.07. The van der Waals surface area contributed by atoms with Crippen LogP contribution in [0.25, 0.3) is 10.9 Å². The normalized spacial score (nSPS) is 14.1. The van der Waals surface area contributed by atoms with Crippen LogP contribution in [0.2, 0.25) is 0 Å². The standard InChI is InChI=1S/C21H30N4O/c1-15-7-6-8-17-13-18(20(24(4)5)22-19(15)17)14-25(12-11-23(2)3)21(26)16-9-10-16/h6-8,13,16H,9-12,14H2,1-5H3. The highest BCUT2D eigenvalue weighted by molar-refractivity contribution is 5.85. The highest BCUT2D eigenvalue weighted by Crippen LogP contribution is 2.32. The first-order valence-corrected chi connectivity index (χ1v) is 9.37. The highest BCUT2D eigenvalue weighted by atomic mass is 16.2. The van der Waals surface area contributed by atoms with E-state index >= 15 is 0 Å². The maximum absolute atomic E-state index is 12.8. The lowest BCUT2D eigenvalue weighted by atomic mass is 10.1. The molecule has 5 nitrogen and oxygen atoms in total. The number of fused-ring (bicyclic) bond motifs is 1. The number of benzene rings is 1. The van der Waals surface area contributed by atoms with Crippen LogP contribution >= 0.6 is 0 Å². The Kier molecular flexibility index (Phi) is 5.47. The molecule has 1 aliphatic carbocycles. The van der Waals surface area contributed by atoms with Gasteiger partial charge in [-0.25, -0.2) is 4.98 Å². The molecule has 0 saturated heterocycles. The van der Waals surface area contributed by atoms with Gasteiger partial charge in [0.15, 0.2) is 0 Å². The fourth-order valence-corrected chi connectivity index (χ4v) is 3.27. The number of anilines is 1. The summed E-state index contributed by atoms with van der Waals surface area (Å²) in [5.41, 5.74) is 3.32. The molecule has 0 atom stereocenters. The van der Waals surface area contributed by atoms with Crippen molar-refractivity contribution in [3.63, 3.8) is 0 Å². The molecule has 1 fully saturated rings. The smallest absolute Gasteiger partial charge is 0.226 e. The third kappa shape index (κ3) is 4.15. The van der Waals surface area contributed by atoms with Crippen molar-refractivity contribution in [1.82, 2.24) is 14.8 Å². The first-order valence-electron chi connectivity index (χ1n) is 9.37. The van der Waals surface area contributed by atoms with Gasteiger partial charge in [-0.05, 0) is 45.5 Å². The lowest BCUT2D eigenvalue weighted by Crippen LogP contribution is -2.37. The molecule has 1 amide bonds. The topological polar surface area (TPSA) is 39.7 Å². The van der Waals surface area contributed by atoms with Crippen LogP contribution < -0.4 is 4.90 Å². The van der Waals surface area contributed by atoms with Gasteiger partial charge in [0.2, 0.25) is 5.91 Å². The van der Waals surface area contributed by atoms with Crippen molar-refractivity contribution >= 4 is 22.6 Å². The van der Waals surface area contributed by atoms with Crippen LogP contribution in [0.3, 0.4) is 0 Å². The van der Waals surface area contributed by atoms with Crippen molar-refractivity contribution in [3.8, 4) is 0 Å². The quantitative estimate of drug-likeness (QED) is 0.766. The summed E-state index contributed by atoms with van der Waals surface area (Å²) in [6.45, 7) is 4.33. The predicted molar refractivity (Wildman–Crippen MR) is 108 cm³/mol. The molecule has 0 unspecified atom stereocenters. The minimum atomic E-state index is 0.232. The van der Waals surface area contributed by atoms with E-state index in [0.29, 0.717) is 12.5 Å². The van der Waals surface area contributed by atoms with Crippen molar-refractivity contribution < 1.29 is 4.79 Å². The SMILES string of the molecule is Cc1cccc2cc(CN(CCN(C)C)C(=O)C3CC3)c(N(C)C)nc12. The van der Waals surface area contributed by atoms with Crippen LogP contribution in [-0.2, 0) is 11.3 Å². The summed E-state index contributed by atoms with van der Waals surface area (Å²) in [7, 11) is 8.13. The van der Waals surface area contributed by atoms with Gasteiger partial charge in [-0.2, -0.15) is 0 Å². The number of rotatable bonds is 7. The zero-order chi connectivity index (χ0) is 18.8. The number of nitrogens with zero attached hydrogens (tertiary/aromatic N) is 4. The minimum absolute atomic E-state index is 0.232. The number of pyridine rings is 1. The van der Waals surface area contributed by atoms with Gasteiger partial charge in [0.1, 0.15) is 5.82 Å². The summed E-state index contributed by atoms with van der Waals surface area (Å²) >= 11 is 0. The number of aromatic nitrogens is 1. The number of likely N-dealkylation sites (N-methyl/N-ethyl adjacent to an activating group) is 1. The van der Waals surface area contributed by atoms with Crippen LogP contribution in [-0.4, -0.2) is 62.0 Å². The molecular weight excluding hydrogens is 324 g/mol. The summed E-state index contributed by atoms with van der Waals surface area (Å²) in [5.74, 6) is 1.47. The molecule has 1 aromatic heterocycles. The average molecular weight is 354 g/mol. The van der Waals surface area contributed by atoms with Crippen LogP contribution in [0.4, 0.5) is 5.82 Å². The Morgan fingerprint density at radius 1 is 1.15 bits per heavy atom. The fourth-order valence-electron chi connectivity index (χ4n) is 3.27. The molecule has 2 aromatic rings. The van der Waals surface area contributed by atoms with Gasteiger partial charge in [-0.15, -0.1) is 0 Å². The molecule has 0 spiro atoms. The Labute approximate surface area is 156 Å². The molecule has 140 valence electrons. The van der Waals surface area contributed by atoms with Crippen LogP contribution in [0, 0.1) is 12.8 Å². The van der Waals surface area contributed by atoms with E-state index in [-0.39, 0.29) is 5.92 Å². The molecule has 0 N–H and O–H groups in total. The summed E-state index contributed by atoms with van der Waals surface area (Å²) < 4.78 is 0. The second-order valence-corrected chi connectivity index (χ2v) is 7.85. The number of hydrogen-bond acceptors (Lipinski definition) is 4. The Morgan fingerprint density at radius 3 is 2.50 bits per heavy atom. The molecule has 0 radical (unpaired) electrons. The molecule has 1 aliphatic rings. The molecule has 1 aromatic carbocycles. The van der Waals surface area contributed by atoms with E-state index in [0.717, 1.165) is 48.2 Å². The molecule has 3 rings (SSSR count). The number of aryl methyl sites for hydroxylation is 1. The van der Waals surface area contributed by atoms with Gasteiger partial charge < -0.3 is 14.7 Å². The first-order chi connectivity index (χ1) is 12.4. The van der Waals surface area contributed by atoms with Crippen molar-refractivity contribution in [2.24, 2.45) is 5.92 Å². The van der Waals surface area contributed by atoms with E-state index in [2.05, 4.69) is 36.1 Å². The van der Waals surface area contributed by atoms with Crippen LogP contribution in [0.1, 0.15) is 24.0 Å². The van der Waals surface area contributed by atoms with Gasteiger partial charge in [0, 0.05) is 50.6 Å². The Bertz CT molecular complexity index is 796. The predicted octanol–water partition coefficient (Wildman–Crippen LogP) is 2.91. The molecule has 0 bridgehead atoms. The van der Waals surface area contributed by atoms with Gasteiger partial charge in [0.25, 0.3) is 0 Å². The maximum atomic E-state index is 12.8. The molecule has 1 heterocycles. The van der Waals surface area contributed by atoms with E-state index in [4.69, 9.17) is 4.98 Å². The second-order valence-electron chi connectivity index (χ2n) is 7.85. The fraction of sp³-hybridized carbons (Fsp3) is 0.524. The third-order valence-corrected chi connectivity index (χ3v) is 4.94. The lowest BCUT2D eigenvalue weighted by Gasteiger charge is -2.27. The second kappa shape index (κ2) is 7.62. The monoisotopic (exact) mass is 354 g/mol. The zero-order valence-corrected chi connectivity index (χ0v) is 16.6. The highest BCUT2D eigenvalue weighted by Gasteiger charge is 2.33. The van der Waals surface area contributed by atoms with Crippen LogP contribution in [0.15, 0.2) is 24.3 Å². The van der Waals surface area contributed by atoms with Crippen LogP contribution in [0.5, 0.6) is 0 Å². The number of para-hydroxylation sites is 1. The van der Waals surface area contributed by atoms with E-state index in [1.54, 1.807) is 0 Å². The van der Waals surface area contributed by atoms with Crippen molar-refractivity contribution in [2.45, 2.75) is 26.3 Å². The van der Waals surface area contributed by atoms with Gasteiger partial charge in [0.05, 0.1) is 5.52 Å². The largest absolute Gasteiger partial charge is 0.362 e. The number of hydrogen-bond donors (Lipinski definition) is 0. The summed E-state index contributed by atoms with van der Waals surface area (Å²) in [4.78, 5) is 23.9. The lowest BCUT2D eigenvalue weighted by molar-refractivity contribution is -0.133. The summed E-state index contributed by atoms with van der Waals surface area (Å²) in [6, 6.07) is 8.46. The minimum Gasteiger partial charge on any atom is -0.362 e. The van der Waals surface area contributed by atoms with E-state index in [1.807, 2.05) is 38.0 Å². The van der Waals surface area contributed by atoms with Crippen molar-refractivity contribution in [3.05, 3.63) is 35.4 Å². The van der Waals surface area contributed by atoms with E-state index in [1.165, 1.54) is 5.56 Å². The first kappa shape index (κ1) is 18.6. The van der Waals surface area contributed by atoms with E-state index < -0.39 is 0 Å². The molecule has 26 heavy (non-hydrogen) atoms. The zero-order valence-electron chi connectivity index (χ0n) is 16.6. The van der Waals surface area contributed by atoms with Gasteiger partial charge in [-0.3, -0.25) is 4.79 Å². The number of carbonyl (C=O) groups is 1. The average Bonchev–Trinajstić information content (AvgIpc) is 3.42. The Balaban J connectivity index is 1.95. The van der Waals surface area contributed by atoms with Crippen molar-refractivity contribution in [1.29, 1.82) is 0 Å².